The normalized spacial score (nSPS) is 23.7. The monoisotopic (exact) mass is 267 g/mol. The van der Waals surface area contributed by atoms with Crippen LogP contribution in [0, 0.1) is 5.92 Å². The molecule has 0 aromatic heterocycles. The van der Waals surface area contributed by atoms with Crippen molar-refractivity contribution in [2.75, 3.05) is 25.1 Å². The van der Waals surface area contributed by atoms with Gasteiger partial charge in [-0.3, -0.25) is 0 Å². The highest BCUT2D eigenvalue weighted by atomic mass is 32.2. The predicted molar refractivity (Wildman–Crippen MR) is 75.0 cm³/mol. The maximum Gasteiger partial charge on any atom is 0.147 e. The van der Waals surface area contributed by atoms with E-state index >= 15 is 0 Å². The molecule has 3 nitrogen and oxygen atoms in total. The molecule has 1 aliphatic heterocycles. The van der Waals surface area contributed by atoms with Crippen molar-refractivity contribution in [3.8, 4) is 0 Å². The molecular formula is C14H21NO2S. The summed E-state index contributed by atoms with van der Waals surface area (Å²) >= 11 is 0. The van der Waals surface area contributed by atoms with Crippen LogP contribution in [0.25, 0.3) is 0 Å². The van der Waals surface area contributed by atoms with Crippen LogP contribution < -0.4 is 0 Å². The topological polar surface area (TPSA) is 37.4 Å². The summed E-state index contributed by atoms with van der Waals surface area (Å²) in [6, 6.07) is 0. The Labute approximate surface area is 110 Å². The van der Waals surface area contributed by atoms with Crippen LogP contribution in [0.5, 0.6) is 0 Å². The first-order valence-corrected chi connectivity index (χ1v) is 8.42. The van der Waals surface area contributed by atoms with Gasteiger partial charge in [0.15, 0.2) is 0 Å². The Balaban J connectivity index is 2.05. The van der Waals surface area contributed by atoms with Gasteiger partial charge in [-0.2, -0.15) is 0 Å². The zero-order chi connectivity index (χ0) is 13.3. The Hall–Kier alpha value is -1.03. The quantitative estimate of drug-likeness (QED) is 0.786. The van der Waals surface area contributed by atoms with E-state index in [0.717, 1.165) is 19.5 Å². The van der Waals surface area contributed by atoms with Gasteiger partial charge in [0, 0.05) is 31.0 Å². The Kier molecular flexibility index (Phi) is 3.66. The van der Waals surface area contributed by atoms with Crippen LogP contribution in [0.2, 0.25) is 0 Å². The molecule has 1 aliphatic carbocycles. The molecule has 1 saturated heterocycles. The Bertz CT molecular complexity index is 520. The molecule has 0 N–H and O–H groups in total. The average molecular weight is 267 g/mol. The van der Waals surface area contributed by atoms with Crippen LogP contribution in [0.4, 0.5) is 0 Å². The lowest BCUT2D eigenvalue weighted by Crippen LogP contribution is -2.49. The van der Waals surface area contributed by atoms with Gasteiger partial charge in [-0.1, -0.05) is 18.2 Å². The van der Waals surface area contributed by atoms with Gasteiger partial charge in [0.05, 0.1) is 5.75 Å². The molecule has 0 aromatic rings. The fraction of sp³-hybridized carbons (Fsp3) is 0.571. The van der Waals surface area contributed by atoms with Gasteiger partial charge >= 0.3 is 0 Å². The Morgan fingerprint density at radius 2 is 2.11 bits per heavy atom. The molecule has 0 unspecified atom stereocenters. The van der Waals surface area contributed by atoms with Crippen molar-refractivity contribution in [2.45, 2.75) is 20.3 Å². The molecule has 0 spiro atoms. The maximum atomic E-state index is 11.2. The van der Waals surface area contributed by atoms with E-state index in [0.29, 0.717) is 11.7 Å². The number of likely N-dealkylation sites (tertiary alicyclic amines) is 1. The van der Waals surface area contributed by atoms with Gasteiger partial charge in [-0.15, -0.1) is 0 Å². The standard InChI is InChI=1S/C14H21NO2S/c1-4-13-7-5-6-11(2)14(13)15-8-12(9-15)10-18(3,16)17/h4-6,12H,7-10H2,1-3H3/b13-4+. The van der Waals surface area contributed by atoms with E-state index in [-0.39, 0.29) is 0 Å². The SMILES string of the molecule is C/C=C1\CC=CC(C)=C1N1CC(CS(C)(=O)=O)C1. The third-order valence-corrected chi connectivity index (χ3v) is 4.62. The van der Waals surface area contributed by atoms with Crippen molar-refractivity contribution < 1.29 is 8.42 Å². The van der Waals surface area contributed by atoms with E-state index < -0.39 is 9.84 Å². The first-order chi connectivity index (χ1) is 8.40. The van der Waals surface area contributed by atoms with Crippen molar-refractivity contribution >= 4 is 9.84 Å². The van der Waals surface area contributed by atoms with Gasteiger partial charge in [-0.05, 0) is 31.4 Å². The van der Waals surface area contributed by atoms with Crippen molar-refractivity contribution in [1.29, 1.82) is 0 Å². The molecule has 2 rings (SSSR count). The minimum atomic E-state index is -2.84. The van der Waals surface area contributed by atoms with Crippen LogP contribution in [0.1, 0.15) is 20.3 Å². The highest BCUT2D eigenvalue weighted by Crippen LogP contribution is 2.33. The van der Waals surface area contributed by atoms with E-state index in [9.17, 15) is 8.42 Å². The number of hydrogen-bond donors (Lipinski definition) is 0. The summed E-state index contributed by atoms with van der Waals surface area (Å²) in [6.45, 7) is 5.92. The molecule has 0 aromatic carbocycles. The summed E-state index contributed by atoms with van der Waals surface area (Å²) in [5.74, 6) is 0.612. The lowest BCUT2D eigenvalue weighted by Gasteiger charge is -2.44. The third-order valence-electron chi connectivity index (χ3n) is 3.54. The molecule has 4 heteroatoms. The molecular weight excluding hydrogens is 246 g/mol. The molecule has 0 saturated carbocycles. The second-order valence-corrected chi connectivity index (χ2v) is 7.50. The minimum Gasteiger partial charge on any atom is -0.370 e. The zero-order valence-electron chi connectivity index (χ0n) is 11.3. The fourth-order valence-corrected chi connectivity index (χ4v) is 3.85. The molecule has 0 atom stereocenters. The highest BCUT2D eigenvalue weighted by Gasteiger charge is 2.32. The summed E-state index contributed by atoms with van der Waals surface area (Å²) < 4.78 is 22.5. The predicted octanol–water partition coefficient (Wildman–Crippen LogP) is 2.14. The van der Waals surface area contributed by atoms with Crippen LogP contribution >= 0.6 is 0 Å². The first-order valence-electron chi connectivity index (χ1n) is 6.36. The van der Waals surface area contributed by atoms with Crippen molar-refractivity contribution in [3.63, 3.8) is 0 Å². The molecule has 1 fully saturated rings. The maximum absolute atomic E-state index is 11.2. The van der Waals surface area contributed by atoms with Crippen molar-refractivity contribution in [1.82, 2.24) is 4.90 Å². The van der Waals surface area contributed by atoms with E-state index in [1.54, 1.807) is 0 Å². The molecule has 0 bridgehead atoms. The number of nitrogens with zero attached hydrogens (tertiary/aromatic N) is 1. The molecule has 18 heavy (non-hydrogen) atoms. The molecule has 0 amide bonds. The fourth-order valence-electron chi connectivity index (χ4n) is 2.78. The van der Waals surface area contributed by atoms with E-state index in [2.05, 4.69) is 37.0 Å². The lowest BCUT2D eigenvalue weighted by atomic mass is 9.92. The van der Waals surface area contributed by atoms with E-state index in [1.165, 1.54) is 23.1 Å². The summed E-state index contributed by atoms with van der Waals surface area (Å²) in [6.07, 6.45) is 8.80. The average Bonchev–Trinajstić information content (AvgIpc) is 2.22. The Morgan fingerprint density at radius 1 is 1.44 bits per heavy atom. The van der Waals surface area contributed by atoms with Crippen molar-refractivity contribution in [2.24, 2.45) is 5.92 Å². The zero-order valence-corrected chi connectivity index (χ0v) is 12.1. The summed E-state index contributed by atoms with van der Waals surface area (Å²) in [5, 5.41) is 0. The molecule has 0 radical (unpaired) electrons. The van der Waals surface area contributed by atoms with Gasteiger partial charge in [0.25, 0.3) is 0 Å². The third kappa shape index (κ3) is 2.86. The number of sulfone groups is 1. The summed E-state index contributed by atoms with van der Waals surface area (Å²) in [5.41, 5.74) is 3.95. The Morgan fingerprint density at radius 3 is 2.67 bits per heavy atom. The molecule has 100 valence electrons. The largest absolute Gasteiger partial charge is 0.370 e. The second-order valence-electron chi connectivity index (χ2n) is 5.32. The molecule has 2 aliphatic rings. The van der Waals surface area contributed by atoms with Crippen molar-refractivity contribution in [3.05, 3.63) is 35.1 Å². The number of allylic oxidation sites excluding steroid dienone is 5. The first kappa shape index (κ1) is 13.4. The highest BCUT2D eigenvalue weighted by molar-refractivity contribution is 7.90. The van der Waals surface area contributed by atoms with Crippen LogP contribution in [0.3, 0.4) is 0 Å². The van der Waals surface area contributed by atoms with Gasteiger partial charge in [0.2, 0.25) is 0 Å². The second kappa shape index (κ2) is 4.92. The van der Waals surface area contributed by atoms with Gasteiger partial charge in [-0.25, -0.2) is 8.42 Å². The summed E-state index contributed by atoms with van der Waals surface area (Å²) in [7, 11) is -2.84. The van der Waals surface area contributed by atoms with E-state index in [1.807, 2.05) is 0 Å². The molecule has 1 heterocycles. The van der Waals surface area contributed by atoms with Crippen LogP contribution in [0.15, 0.2) is 35.1 Å². The van der Waals surface area contributed by atoms with Crippen LogP contribution in [-0.4, -0.2) is 38.4 Å². The summed E-state index contributed by atoms with van der Waals surface area (Å²) in [4.78, 5) is 2.31. The van der Waals surface area contributed by atoms with E-state index in [4.69, 9.17) is 0 Å². The smallest absolute Gasteiger partial charge is 0.147 e. The number of rotatable bonds is 3. The van der Waals surface area contributed by atoms with Crippen LogP contribution in [-0.2, 0) is 9.84 Å². The number of hydrogen-bond acceptors (Lipinski definition) is 3. The minimum absolute atomic E-state index is 0.296. The van der Waals surface area contributed by atoms with Gasteiger partial charge in [0.1, 0.15) is 9.84 Å². The van der Waals surface area contributed by atoms with Gasteiger partial charge < -0.3 is 4.90 Å². The lowest BCUT2D eigenvalue weighted by molar-refractivity contribution is 0.161.